The summed E-state index contributed by atoms with van der Waals surface area (Å²) in [7, 11) is 0. The van der Waals surface area contributed by atoms with E-state index < -0.39 is 0 Å². The third kappa shape index (κ3) is 2.04. The normalized spacial score (nSPS) is 13.3. The smallest absolute Gasteiger partial charge is 0.0175 e. The second-order valence-electron chi connectivity index (χ2n) is 4.71. The Labute approximate surface area is 116 Å². The van der Waals surface area contributed by atoms with Gasteiger partial charge in [-0.3, -0.25) is 0 Å². The molecule has 0 heterocycles. The SMILES string of the molecule is CCC1=Cc2cccc(-c3ccc(Br)cc3)c2C1. The monoisotopic (exact) mass is 298 g/mol. The van der Waals surface area contributed by atoms with Gasteiger partial charge < -0.3 is 0 Å². The first-order valence-corrected chi connectivity index (χ1v) is 7.14. The summed E-state index contributed by atoms with van der Waals surface area (Å²) in [6.45, 7) is 2.23. The molecule has 1 heteroatoms. The van der Waals surface area contributed by atoms with Crippen molar-refractivity contribution >= 4 is 22.0 Å². The lowest BCUT2D eigenvalue weighted by Gasteiger charge is -2.09. The van der Waals surface area contributed by atoms with Gasteiger partial charge in [0.15, 0.2) is 0 Å². The van der Waals surface area contributed by atoms with E-state index in [2.05, 4.69) is 71.4 Å². The second-order valence-corrected chi connectivity index (χ2v) is 5.63. The predicted molar refractivity (Wildman–Crippen MR) is 81.6 cm³/mol. The minimum Gasteiger partial charge on any atom is -0.0655 e. The summed E-state index contributed by atoms with van der Waals surface area (Å²) in [6.07, 6.45) is 4.60. The van der Waals surface area contributed by atoms with Crippen LogP contribution in [0.4, 0.5) is 0 Å². The minimum atomic E-state index is 1.11. The predicted octanol–water partition coefficient (Wildman–Crippen LogP) is 5.47. The zero-order valence-electron chi connectivity index (χ0n) is 10.4. The Morgan fingerprint density at radius 2 is 1.83 bits per heavy atom. The third-order valence-electron chi connectivity index (χ3n) is 3.59. The Balaban J connectivity index is 2.07. The van der Waals surface area contributed by atoms with Gasteiger partial charge in [-0.1, -0.05) is 64.8 Å². The van der Waals surface area contributed by atoms with E-state index in [0.29, 0.717) is 0 Å². The van der Waals surface area contributed by atoms with E-state index in [0.717, 1.165) is 17.3 Å². The molecule has 0 fully saturated rings. The molecular formula is C17H15Br. The minimum absolute atomic E-state index is 1.11. The fraction of sp³-hybridized carbons (Fsp3) is 0.176. The molecule has 0 nitrogen and oxygen atoms in total. The van der Waals surface area contributed by atoms with Gasteiger partial charge >= 0.3 is 0 Å². The van der Waals surface area contributed by atoms with E-state index in [1.54, 1.807) is 0 Å². The summed E-state index contributed by atoms with van der Waals surface area (Å²) < 4.78 is 1.13. The zero-order chi connectivity index (χ0) is 12.5. The van der Waals surface area contributed by atoms with Crippen LogP contribution in [0.2, 0.25) is 0 Å². The highest BCUT2D eigenvalue weighted by atomic mass is 79.9. The van der Waals surface area contributed by atoms with Crippen LogP contribution in [0.15, 0.2) is 52.5 Å². The molecule has 0 bridgehead atoms. The fourth-order valence-corrected chi connectivity index (χ4v) is 2.83. The molecule has 0 atom stereocenters. The Kier molecular flexibility index (Phi) is 3.09. The first-order valence-electron chi connectivity index (χ1n) is 6.35. The van der Waals surface area contributed by atoms with E-state index in [4.69, 9.17) is 0 Å². The highest BCUT2D eigenvalue weighted by Gasteiger charge is 2.15. The van der Waals surface area contributed by atoms with Crippen LogP contribution in [0, 0.1) is 0 Å². The van der Waals surface area contributed by atoms with E-state index >= 15 is 0 Å². The number of allylic oxidation sites excluding steroid dienone is 1. The van der Waals surface area contributed by atoms with Crippen molar-refractivity contribution in [3.63, 3.8) is 0 Å². The summed E-state index contributed by atoms with van der Waals surface area (Å²) >= 11 is 3.49. The van der Waals surface area contributed by atoms with Gasteiger partial charge in [0.05, 0.1) is 0 Å². The Morgan fingerprint density at radius 3 is 2.56 bits per heavy atom. The number of hydrogen-bond acceptors (Lipinski definition) is 0. The van der Waals surface area contributed by atoms with E-state index in [9.17, 15) is 0 Å². The van der Waals surface area contributed by atoms with Gasteiger partial charge in [0, 0.05) is 4.47 Å². The number of rotatable bonds is 2. The Bertz CT molecular complexity index is 606. The molecule has 0 saturated heterocycles. The first-order chi connectivity index (χ1) is 8.78. The van der Waals surface area contributed by atoms with Crippen LogP contribution >= 0.6 is 15.9 Å². The Morgan fingerprint density at radius 1 is 1.06 bits per heavy atom. The molecule has 1 aliphatic rings. The average Bonchev–Trinajstić information content (AvgIpc) is 2.82. The number of benzene rings is 2. The van der Waals surface area contributed by atoms with Gasteiger partial charge in [0.2, 0.25) is 0 Å². The molecule has 0 aromatic heterocycles. The molecule has 0 saturated carbocycles. The molecular weight excluding hydrogens is 284 g/mol. The summed E-state index contributed by atoms with van der Waals surface area (Å²) in [6, 6.07) is 15.2. The molecule has 0 radical (unpaired) electrons. The fourth-order valence-electron chi connectivity index (χ4n) is 2.56. The largest absolute Gasteiger partial charge is 0.0655 e. The number of hydrogen-bond donors (Lipinski definition) is 0. The zero-order valence-corrected chi connectivity index (χ0v) is 12.0. The Hall–Kier alpha value is -1.34. The van der Waals surface area contributed by atoms with Crippen LogP contribution in [-0.2, 0) is 6.42 Å². The van der Waals surface area contributed by atoms with Crippen molar-refractivity contribution in [2.24, 2.45) is 0 Å². The molecule has 0 spiro atoms. The van der Waals surface area contributed by atoms with Gasteiger partial charge in [-0.2, -0.15) is 0 Å². The maximum absolute atomic E-state index is 3.49. The van der Waals surface area contributed by atoms with Crippen LogP contribution < -0.4 is 0 Å². The molecule has 0 unspecified atom stereocenters. The van der Waals surface area contributed by atoms with Crippen molar-refractivity contribution in [1.29, 1.82) is 0 Å². The van der Waals surface area contributed by atoms with Crippen LogP contribution in [-0.4, -0.2) is 0 Å². The van der Waals surface area contributed by atoms with Crippen LogP contribution in [0.3, 0.4) is 0 Å². The first kappa shape index (κ1) is 11.7. The summed E-state index contributed by atoms with van der Waals surface area (Å²) in [5, 5.41) is 0. The van der Waals surface area contributed by atoms with Gasteiger partial charge in [-0.05, 0) is 47.2 Å². The number of fused-ring (bicyclic) bond motifs is 1. The average molecular weight is 299 g/mol. The molecule has 2 aromatic rings. The maximum Gasteiger partial charge on any atom is 0.0175 e. The number of halogens is 1. The van der Waals surface area contributed by atoms with Crippen LogP contribution in [0.5, 0.6) is 0 Å². The van der Waals surface area contributed by atoms with Gasteiger partial charge in [-0.25, -0.2) is 0 Å². The molecule has 90 valence electrons. The second kappa shape index (κ2) is 4.74. The van der Waals surface area contributed by atoms with Gasteiger partial charge in [-0.15, -0.1) is 0 Å². The van der Waals surface area contributed by atoms with Gasteiger partial charge in [0.25, 0.3) is 0 Å². The lowest BCUT2D eigenvalue weighted by atomic mass is 9.96. The van der Waals surface area contributed by atoms with Crippen LogP contribution in [0.1, 0.15) is 24.5 Å². The maximum atomic E-state index is 3.49. The quantitative estimate of drug-likeness (QED) is 0.690. The molecule has 1 aliphatic carbocycles. The van der Waals surface area contributed by atoms with E-state index in [1.165, 1.54) is 27.8 Å². The third-order valence-corrected chi connectivity index (χ3v) is 4.11. The van der Waals surface area contributed by atoms with E-state index in [1.807, 2.05) is 0 Å². The highest BCUT2D eigenvalue weighted by Crippen LogP contribution is 2.35. The van der Waals surface area contributed by atoms with E-state index in [-0.39, 0.29) is 0 Å². The summed E-state index contributed by atoms with van der Waals surface area (Å²) in [5.74, 6) is 0. The molecule has 2 aromatic carbocycles. The summed E-state index contributed by atoms with van der Waals surface area (Å²) in [5.41, 5.74) is 7.10. The van der Waals surface area contributed by atoms with Crippen molar-refractivity contribution in [3.05, 3.63) is 63.6 Å². The summed E-state index contributed by atoms with van der Waals surface area (Å²) in [4.78, 5) is 0. The van der Waals surface area contributed by atoms with Crippen molar-refractivity contribution in [2.75, 3.05) is 0 Å². The topological polar surface area (TPSA) is 0 Å². The molecule has 3 rings (SSSR count). The highest BCUT2D eigenvalue weighted by molar-refractivity contribution is 9.10. The van der Waals surface area contributed by atoms with Crippen molar-refractivity contribution in [3.8, 4) is 11.1 Å². The van der Waals surface area contributed by atoms with Crippen molar-refractivity contribution < 1.29 is 0 Å². The van der Waals surface area contributed by atoms with Crippen molar-refractivity contribution in [2.45, 2.75) is 19.8 Å². The lowest BCUT2D eigenvalue weighted by Crippen LogP contribution is -1.90. The standard InChI is InChI=1S/C17H15Br/c1-2-12-10-14-4-3-5-16(17(14)11-12)13-6-8-15(18)9-7-13/h3-10H,2,11H2,1H3. The van der Waals surface area contributed by atoms with Crippen LogP contribution in [0.25, 0.3) is 17.2 Å². The molecule has 0 amide bonds. The molecule has 0 N–H and O–H groups in total. The van der Waals surface area contributed by atoms with Crippen molar-refractivity contribution in [1.82, 2.24) is 0 Å². The lowest BCUT2D eigenvalue weighted by molar-refractivity contribution is 1.04. The molecule has 18 heavy (non-hydrogen) atoms. The molecule has 0 aliphatic heterocycles. The van der Waals surface area contributed by atoms with Gasteiger partial charge in [0.1, 0.15) is 0 Å².